The van der Waals surface area contributed by atoms with Gasteiger partial charge in [0, 0.05) is 29.7 Å². The summed E-state index contributed by atoms with van der Waals surface area (Å²) in [5.74, 6) is 0.151. The van der Waals surface area contributed by atoms with Gasteiger partial charge in [-0.25, -0.2) is 0 Å². The lowest BCUT2D eigenvalue weighted by molar-refractivity contribution is -0.130. The Morgan fingerprint density at radius 1 is 1.00 bits per heavy atom. The van der Waals surface area contributed by atoms with Gasteiger partial charge in [0.05, 0.1) is 12.1 Å². The van der Waals surface area contributed by atoms with E-state index >= 15 is 0 Å². The Hall–Kier alpha value is -2.59. The van der Waals surface area contributed by atoms with Gasteiger partial charge in [-0.15, -0.1) is 0 Å². The molecule has 4 nitrogen and oxygen atoms in total. The minimum absolute atomic E-state index is 0.0873. The van der Waals surface area contributed by atoms with Gasteiger partial charge >= 0.3 is 0 Å². The van der Waals surface area contributed by atoms with Crippen molar-refractivity contribution in [3.05, 3.63) is 71.4 Å². The number of aromatic nitrogens is 1. The van der Waals surface area contributed by atoms with Crippen LogP contribution in [0.1, 0.15) is 22.9 Å². The fourth-order valence-corrected chi connectivity index (χ4v) is 4.28. The molecule has 0 radical (unpaired) electrons. The van der Waals surface area contributed by atoms with Crippen molar-refractivity contribution < 1.29 is 4.79 Å². The van der Waals surface area contributed by atoms with Crippen molar-refractivity contribution in [2.75, 3.05) is 13.1 Å². The molecule has 0 saturated carbocycles. The van der Waals surface area contributed by atoms with Crippen LogP contribution >= 0.6 is 0 Å². The van der Waals surface area contributed by atoms with E-state index in [4.69, 9.17) is 0 Å². The molecule has 5 rings (SSSR count). The van der Waals surface area contributed by atoms with Gasteiger partial charge in [0.1, 0.15) is 0 Å². The third-order valence-corrected chi connectivity index (χ3v) is 5.34. The van der Waals surface area contributed by atoms with Crippen LogP contribution < -0.4 is 5.32 Å². The van der Waals surface area contributed by atoms with E-state index in [2.05, 4.69) is 63.7 Å². The summed E-state index contributed by atoms with van der Waals surface area (Å²) >= 11 is 0. The Balaban J connectivity index is 1.75. The highest BCUT2D eigenvalue weighted by molar-refractivity contribution is 5.89. The zero-order valence-corrected chi connectivity index (χ0v) is 13.3. The molecule has 1 aromatic heterocycles. The van der Waals surface area contributed by atoms with Crippen LogP contribution in [0.25, 0.3) is 10.9 Å². The molecule has 2 aliphatic heterocycles. The van der Waals surface area contributed by atoms with Crippen LogP contribution in [0.15, 0.2) is 54.6 Å². The van der Waals surface area contributed by atoms with E-state index in [1.165, 1.54) is 22.2 Å². The van der Waals surface area contributed by atoms with Crippen molar-refractivity contribution >= 4 is 16.8 Å². The second-order valence-corrected chi connectivity index (χ2v) is 6.62. The largest absolute Gasteiger partial charge is 0.357 e. The Bertz CT molecular complexity index is 915. The smallest absolute Gasteiger partial charge is 0.237 e. The monoisotopic (exact) mass is 317 g/mol. The van der Waals surface area contributed by atoms with Crippen molar-refractivity contribution in [2.45, 2.75) is 18.5 Å². The van der Waals surface area contributed by atoms with Gasteiger partial charge in [0.15, 0.2) is 0 Å². The molecular weight excluding hydrogens is 298 g/mol. The average Bonchev–Trinajstić information content (AvgIpc) is 2.99. The number of aromatic amines is 1. The standard InChI is InChI=1S/C20H19N3O/c24-20-17-12-15-14-8-4-5-9-16(14)22-18(15)19(23(17)11-10-21-20)13-6-2-1-3-7-13/h1-9,17,19,22H,10-12H2,(H,21,24). The molecule has 2 aliphatic rings. The zero-order valence-electron chi connectivity index (χ0n) is 13.3. The molecule has 24 heavy (non-hydrogen) atoms. The van der Waals surface area contributed by atoms with Gasteiger partial charge in [-0.3, -0.25) is 9.69 Å². The number of benzene rings is 2. The number of hydrogen-bond acceptors (Lipinski definition) is 2. The Labute approximate surface area is 140 Å². The number of carbonyl (C=O) groups excluding carboxylic acids is 1. The first-order chi connectivity index (χ1) is 11.8. The third-order valence-electron chi connectivity index (χ3n) is 5.34. The van der Waals surface area contributed by atoms with Crippen molar-refractivity contribution in [2.24, 2.45) is 0 Å². The van der Waals surface area contributed by atoms with Crippen LogP contribution in [-0.2, 0) is 11.2 Å². The minimum atomic E-state index is -0.0873. The quantitative estimate of drug-likeness (QED) is 0.725. The number of nitrogens with zero attached hydrogens (tertiary/aromatic N) is 1. The second kappa shape index (κ2) is 5.21. The predicted octanol–water partition coefficient (Wildman–Crippen LogP) is 2.61. The summed E-state index contributed by atoms with van der Waals surface area (Å²) in [5.41, 5.74) is 4.93. The van der Waals surface area contributed by atoms with Gasteiger partial charge in [-0.05, 0) is 23.6 Å². The summed E-state index contributed by atoms with van der Waals surface area (Å²) in [6.45, 7) is 1.60. The van der Waals surface area contributed by atoms with E-state index in [0.29, 0.717) is 6.54 Å². The van der Waals surface area contributed by atoms with Gasteiger partial charge in [-0.2, -0.15) is 0 Å². The SMILES string of the molecule is O=C1NCCN2C1Cc1c([nH]c3ccccc13)C2c1ccccc1. The molecule has 4 heteroatoms. The van der Waals surface area contributed by atoms with Gasteiger partial charge < -0.3 is 10.3 Å². The molecule has 0 aliphatic carbocycles. The number of carbonyl (C=O) groups is 1. The van der Waals surface area contributed by atoms with E-state index in [-0.39, 0.29) is 18.0 Å². The van der Waals surface area contributed by atoms with E-state index in [9.17, 15) is 4.79 Å². The molecule has 120 valence electrons. The molecule has 0 spiro atoms. The molecular formula is C20H19N3O. The van der Waals surface area contributed by atoms with Gasteiger partial charge in [0.2, 0.25) is 5.91 Å². The highest BCUT2D eigenvalue weighted by Crippen LogP contribution is 2.41. The molecule has 2 aromatic carbocycles. The lowest BCUT2D eigenvalue weighted by Gasteiger charge is -2.44. The zero-order chi connectivity index (χ0) is 16.1. The second-order valence-electron chi connectivity index (χ2n) is 6.62. The molecule has 1 saturated heterocycles. The lowest BCUT2D eigenvalue weighted by atomic mass is 9.87. The first-order valence-corrected chi connectivity index (χ1v) is 8.51. The van der Waals surface area contributed by atoms with E-state index in [1.54, 1.807) is 0 Å². The average molecular weight is 317 g/mol. The van der Waals surface area contributed by atoms with Crippen LogP contribution in [0.3, 0.4) is 0 Å². The number of piperazine rings is 1. The predicted molar refractivity (Wildman–Crippen MR) is 93.8 cm³/mol. The maximum absolute atomic E-state index is 12.5. The van der Waals surface area contributed by atoms with Gasteiger partial charge in [-0.1, -0.05) is 48.5 Å². The van der Waals surface area contributed by atoms with E-state index in [0.717, 1.165) is 18.5 Å². The fourth-order valence-electron chi connectivity index (χ4n) is 4.28. The van der Waals surface area contributed by atoms with Crippen molar-refractivity contribution in [3.8, 4) is 0 Å². The summed E-state index contributed by atoms with van der Waals surface area (Å²) in [6.07, 6.45) is 0.772. The van der Waals surface area contributed by atoms with Crippen LogP contribution in [0, 0.1) is 0 Å². The molecule has 0 bridgehead atoms. The molecule has 3 heterocycles. The summed E-state index contributed by atoms with van der Waals surface area (Å²) in [6, 6.07) is 18.9. The van der Waals surface area contributed by atoms with E-state index in [1.807, 2.05) is 6.07 Å². The maximum atomic E-state index is 12.5. The first kappa shape index (κ1) is 13.8. The van der Waals surface area contributed by atoms with Crippen molar-refractivity contribution in [3.63, 3.8) is 0 Å². The van der Waals surface area contributed by atoms with Gasteiger partial charge in [0.25, 0.3) is 0 Å². The molecule has 2 atom stereocenters. The normalized spacial score (nSPS) is 23.6. The minimum Gasteiger partial charge on any atom is -0.357 e. The van der Waals surface area contributed by atoms with Crippen LogP contribution in [0.4, 0.5) is 0 Å². The number of fused-ring (bicyclic) bond motifs is 4. The van der Waals surface area contributed by atoms with Crippen LogP contribution in [0.2, 0.25) is 0 Å². The van der Waals surface area contributed by atoms with Crippen LogP contribution in [-0.4, -0.2) is 34.9 Å². The molecule has 1 amide bonds. The Kier molecular flexibility index (Phi) is 3.00. The highest BCUT2D eigenvalue weighted by Gasteiger charge is 2.42. The fraction of sp³-hybridized carbons (Fsp3) is 0.250. The number of hydrogen-bond donors (Lipinski definition) is 2. The van der Waals surface area contributed by atoms with Crippen molar-refractivity contribution in [1.29, 1.82) is 0 Å². The topological polar surface area (TPSA) is 48.1 Å². The number of H-pyrrole nitrogens is 1. The number of para-hydroxylation sites is 1. The molecule has 1 fully saturated rings. The maximum Gasteiger partial charge on any atom is 0.237 e. The molecule has 3 aromatic rings. The molecule has 2 unspecified atom stereocenters. The molecule has 2 N–H and O–H groups in total. The number of rotatable bonds is 1. The van der Waals surface area contributed by atoms with Crippen molar-refractivity contribution in [1.82, 2.24) is 15.2 Å². The summed E-state index contributed by atoms with van der Waals surface area (Å²) in [5, 5.41) is 4.28. The summed E-state index contributed by atoms with van der Waals surface area (Å²) < 4.78 is 0. The number of amides is 1. The summed E-state index contributed by atoms with van der Waals surface area (Å²) in [7, 11) is 0. The Morgan fingerprint density at radius 2 is 1.79 bits per heavy atom. The Morgan fingerprint density at radius 3 is 2.67 bits per heavy atom. The third kappa shape index (κ3) is 1.93. The highest BCUT2D eigenvalue weighted by atomic mass is 16.2. The lowest BCUT2D eigenvalue weighted by Crippen LogP contribution is -2.59. The van der Waals surface area contributed by atoms with E-state index < -0.39 is 0 Å². The van der Waals surface area contributed by atoms with Crippen LogP contribution in [0.5, 0.6) is 0 Å². The summed E-state index contributed by atoms with van der Waals surface area (Å²) in [4.78, 5) is 18.5. The number of nitrogens with one attached hydrogen (secondary N) is 2. The first-order valence-electron chi connectivity index (χ1n) is 8.51.